The van der Waals surface area contributed by atoms with Gasteiger partial charge in [0.2, 0.25) is 10.0 Å². The molecular weight excluding hydrogens is 280 g/mol. The molecule has 84 valence electrons. The van der Waals surface area contributed by atoms with Gasteiger partial charge in [-0.1, -0.05) is 15.9 Å². The van der Waals surface area contributed by atoms with Crippen LogP contribution in [0.3, 0.4) is 0 Å². The number of nitrogens with one attached hydrogen (secondary N) is 1. The molecule has 0 aliphatic heterocycles. The standard InChI is InChI=1S/C9H13BrN2O2S/c1-7-6-8(10)2-3-9(7)15(13,14)12-5-4-11/h2-3,6,12H,4-5,11H2,1H3. The van der Waals surface area contributed by atoms with E-state index < -0.39 is 10.0 Å². The second-order valence-corrected chi connectivity index (χ2v) is 5.75. The molecule has 0 bridgehead atoms. The molecule has 0 heterocycles. The fourth-order valence-corrected chi connectivity index (χ4v) is 2.93. The van der Waals surface area contributed by atoms with E-state index in [9.17, 15) is 8.42 Å². The molecule has 0 saturated heterocycles. The summed E-state index contributed by atoms with van der Waals surface area (Å²) in [5, 5.41) is 0. The highest BCUT2D eigenvalue weighted by Crippen LogP contribution is 2.19. The van der Waals surface area contributed by atoms with Crippen LogP contribution < -0.4 is 10.5 Å². The number of hydrogen-bond acceptors (Lipinski definition) is 3. The maximum absolute atomic E-state index is 11.7. The summed E-state index contributed by atoms with van der Waals surface area (Å²) in [5.74, 6) is 0. The fraction of sp³-hybridized carbons (Fsp3) is 0.333. The summed E-state index contributed by atoms with van der Waals surface area (Å²) in [6.45, 7) is 2.29. The molecule has 0 amide bonds. The van der Waals surface area contributed by atoms with Crippen LogP contribution in [0.5, 0.6) is 0 Å². The highest BCUT2D eigenvalue weighted by molar-refractivity contribution is 9.10. The molecule has 0 aromatic heterocycles. The molecule has 0 aliphatic rings. The monoisotopic (exact) mass is 292 g/mol. The summed E-state index contributed by atoms with van der Waals surface area (Å²) in [7, 11) is -3.42. The van der Waals surface area contributed by atoms with Crippen LogP contribution in [0.1, 0.15) is 5.56 Å². The van der Waals surface area contributed by atoms with Crippen molar-refractivity contribution >= 4 is 26.0 Å². The Hall–Kier alpha value is -0.430. The summed E-state index contributed by atoms with van der Waals surface area (Å²) in [4.78, 5) is 0.291. The molecule has 1 aromatic rings. The smallest absolute Gasteiger partial charge is 0.240 e. The lowest BCUT2D eigenvalue weighted by Crippen LogP contribution is -2.29. The first-order valence-corrected chi connectivity index (χ1v) is 6.71. The molecule has 1 aromatic carbocycles. The van der Waals surface area contributed by atoms with Crippen LogP contribution in [0, 0.1) is 6.92 Å². The lowest BCUT2D eigenvalue weighted by atomic mass is 10.2. The van der Waals surface area contributed by atoms with E-state index in [-0.39, 0.29) is 13.1 Å². The van der Waals surface area contributed by atoms with Crippen LogP contribution in [0.15, 0.2) is 27.6 Å². The molecule has 0 radical (unpaired) electrons. The van der Waals surface area contributed by atoms with Crippen LogP contribution in [-0.2, 0) is 10.0 Å². The number of rotatable bonds is 4. The van der Waals surface area contributed by atoms with Gasteiger partial charge in [-0.15, -0.1) is 0 Å². The zero-order valence-corrected chi connectivity index (χ0v) is 10.7. The van der Waals surface area contributed by atoms with Gasteiger partial charge in [0.05, 0.1) is 4.90 Å². The summed E-state index contributed by atoms with van der Waals surface area (Å²) < 4.78 is 26.8. The predicted molar refractivity (Wildman–Crippen MR) is 63.1 cm³/mol. The average molecular weight is 293 g/mol. The van der Waals surface area contributed by atoms with E-state index in [4.69, 9.17) is 5.73 Å². The number of sulfonamides is 1. The van der Waals surface area contributed by atoms with Crippen molar-refractivity contribution in [3.63, 3.8) is 0 Å². The average Bonchev–Trinajstić information content (AvgIpc) is 2.14. The van der Waals surface area contributed by atoms with Gasteiger partial charge < -0.3 is 5.73 Å². The van der Waals surface area contributed by atoms with Gasteiger partial charge in [0.15, 0.2) is 0 Å². The molecule has 0 aliphatic carbocycles. The lowest BCUT2D eigenvalue weighted by molar-refractivity contribution is 0.581. The Morgan fingerprint density at radius 2 is 2.13 bits per heavy atom. The second kappa shape index (κ2) is 5.07. The molecule has 0 spiro atoms. The van der Waals surface area contributed by atoms with Crippen molar-refractivity contribution in [2.75, 3.05) is 13.1 Å². The summed E-state index contributed by atoms with van der Waals surface area (Å²) in [5.41, 5.74) is 5.94. The third-order valence-corrected chi connectivity index (χ3v) is 3.98. The first kappa shape index (κ1) is 12.6. The minimum Gasteiger partial charge on any atom is -0.329 e. The minimum absolute atomic E-state index is 0.248. The number of halogens is 1. The van der Waals surface area contributed by atoms with Crippen LogP contribution in [0.25, 0.3) is 0 Å². The molecule has 1 rings (SSSR count). The maximum atomic E-state index is 11.7. The molecule has 0 saturated carbocycles. The molecule has 4 nitrogen and oxygen atoms in total. The molecule has 0 unspecified atom stereocenters. The van der Waals surface area contributed by atoms with Crippen molar-refractivity contribution in [1.82, 2.24) is 4.72 Å². The molecule has 3 N–H and O–H groups in total. The van der Waals surface area contributed by atoms with Crippen molar-refractivity contribution < 1.29 is 8.42 Å². The highest BCUT2D eigenvalue weighted by Gasteiger charge is 2.15. The first-order chi connectivity index (χ1) is 6.97. The van der Waals surface area contributed by atoms with Crippen molar-refractivity contribution in [2.24, 2.45) is 5.73 Å². The Labute approximate surface area is 98.0 Å². The van der Waals surface area contributed by atoms with Gasteiger partial charge in [0.1, 0.15) is 0 Å². The van der Waals surface area contributed by atoms with Crippen molar-refractivity contribution in [3.05, 3.63) is 28.2 Å². The van der Waals surface area contributed by atoms with Crippen molar-refractivity contribution in [1.29, 1.82) is 0 Å². The fourth-order valence-electron chi connectivity index (χ4n) is 1.19. The normalized spacial score (nSPS) is 11.7. The van der Waals surface area contributed by atoms with Crippen molar-refractivity contribution in [3.8, 4) is 0 Å². The Kier molecular flexibility index (Phi) is 4.27. The Morgan fingerprint density at radius 3 is 2.67 bits per heavy atom. The zero-order chi connectivity index (χ0) is 11.5. The van der Waals surface area contributed by atoms with Gasteiger partial charge >= 0.3 is 0 Å². The van der Waals surface area contributed by atoms with Crippen LogP contribution in [-0.4, -0.2) is 21.5 Å². The third-order valence-electron chi connectivity index (χ3n) is 1.86. The van der Waals surface area contributed by atoms with E-state index >= 15 is 0 Å². The molecule has 0 fully saturated rings. The van der Waals surface area contributed by atoms with Crippen molar-refractivity contribution in [2.45, 2.75) is 11.8 Å². The quantitative estimate of drug-likeness (QED) is 0.869. The number of nitrogens with two attached hydrogens (primary N) is 1. The summed E-state index contributed by atoms with van der Waals surface area (Å²) >= 11 is 3.28. The van der Waals surface area contributed by atoms with E-state index in [2.05, 4.69) is 20.7 Å². The predicted octanol–water partition coefficient (Wildman–Crippen LogP) is 0.995. The molecule has 0 atom stereocenters. The van der Waals surface area contributed by atoms with Gasteiger partial charge in [-0.05, 0) is 30.7 Å². The Morgan fingerprint density at radius 1 is 1.47 bits per heavy atom. The lowest BCUT2D eigenvalue weighted by Gasteiger charge is -2.08. The van der Waals surface area contributed by atoms with Crippen LogP contribution >= 0.6 is 15.9 Å². The summed E-state index contributed by atoms with van der Waals surface area (Å²) in [6.07, 6.45) is 0. The largest absolute Gasteiger partial charge is 0.329 e. The second-order valence-electron chi connectivity index (χ2n) is 3.10. The molecular formula is C9H13BrN2O2S. The number of benzene rings is 1. The van der Waals surface area contributed by atoms with Gasteiger partial charge in [0.25, 0.3) is 0 Å². The Balaban J connectivity index is 3.05. The zero-order valence-electron chi connectivity index (χ0n) is 8.33. The van der Waals surface area contributed by atoms with E-state index in [0.29, 0.717) is 10.5 Å². The summed E-state index contributed by atoms with van der Waals surface area (Å²) in [6, 6.07) is 5.03. The van der Waals surface area contributed by atoms with E-state index in [1.165, 1.54) is 0 Å². The van der Waals surface area contributed by atoms with E-state index in [1.54, 1.807) is 25.1 Å². The topological polar surface area (TPSA) is 72.2 Å². The number of hydrogen-bond donors (Lipinski definition) is 2. The van der Waals surface area contributed by atoms with Gasteiger partial charge in [-0.25, -0.2) is 13.1 Å². The van der Waals surface area contributed by atoms with Crippen LogP contribution in [0.4, 0.5) is 0 Å². The SMILES string of the molecule is Cc1cc(Br)ccc1S(=O)(=O)NCCN. The third kappa shape index (κ3) is 3.27. The van der Waals surface area contributed by atoms with Gasteiger partial charge in [-0.2, -0.15) is 0 Å². The minimum atomic E-state index is -3.42. The highest BCUT2D eigenvalue weighted by atomic mass is 79.9. The van der Waals surface area contributed by atoms with E-state index in [1.807, 2.05) is 0 Å². The van der Waals surface area contributed by atoms with Gasteiger partial charge in [-0.3, -0.25) is 0 Å². The molecule has 6 heteroatoms. The number of aryl methyl sites for hydroxylation is 1. The van der Waals surface area contributed by atoms with Gasteiger partial charge in [0, 0.05) is 17.6 Å². The Bertz CT molecular complexity index is 445. The first-order valence-electron chi connectivity index (χ1n) is 4.43. The molecule has 15 heavy (non-hydrogen) atoms. The van der Waals surface area contributed by atoms with E-state index in [0.717, 1.165) is 4.47 Å². The van der Waals surface area contributed by atoms with Crippen LogP contribution in [0.2, 0.25) is 0 Å². The maximum Gasteiger partial charge on any atom is 0.240 e.